The van der Waals surface area contributed by atoms with Crippen LogP contribution in [0.5, 0.6) is 0 Å². The minimum Gasteiger partial charge on any atom is -0.466 e. The predicted molar refractivity (Wildman–Crippen MR) is 69.1 cm³/mol. The SMILES string of the molecule is CCOC(=O)Cc1c(C#N)ccc(C(F)F)c1CBr. The summed E-state index contributed by atoms with van der Waals surface area (Å²) in [6, 6.07) is 4.43. The maximum Gasteiger partial charge on any atom is 0.310 e. The van der Waals surface area contributed by atoms with Crippen LogP contribution in [0.4, 0.5) is 8.78 Å². The van der Waals surface area contributed by atoms with Crippen LogP contribution in [0.3, 0.4) is 0 Å². The number of nitrogens with zero attached hydrogens (tertiary/aromatic N) is 1. The summed E-state index contributed by atoms with van der Waals surface area (Å²) in [4.78, 5) is 11.5. The zero-order chi connectivity index (χ0) is 14.4. The number of esters is 1. The van der Waals surface area contributed by atoms with Crippen LogP contribution < -0.4 is 0 Å². The van der Waals surface area contributed by atoms with Crippen LogP contribution in [0.15, 0.2) is 12.1 Å². The third-order valence-electron chi connectivity index (χ3n) is 2.58. The van der Waals surface area contributed by atoms with Gasteiger partial charge >= 0.3 is 5.97 Å². The molecule has 0 spiro atoms. The molecule has 0 saturated carbocycles. The summed E-state index contributed by atoms with van der Waals surface area (Å²) in [5, 5.41) is 9.16. The molecule has 0 aliphatic rings. The molecule has 6 heteroatoms. The molecule has 0 bridgehead atoms. The molecular formula is C13H12BrF2NO2. The van der Waals surface area contributed by atoms with E-state index in [0.29, 0.717) is 5.56 Å². The van der Waals surface area contributed by atoms with Crippen LogP contribution in [0.2, 0.25) is 0 Å². The molecule has 3 nitrogen and oxygen atoms in total. The smallest absolute Gasteiger partial charge is 0.310 e. The molecule has 0 atom stereocenters. The molecule has 1 rings (SSSR count). The van der Waals surface area contributed by atoms with E-state index >= 15 is 0 Å². The topological polar surface area (TPSA) is 50.1 Å². The Balaban J connectivity index is 3.28. The number of hydrogen-bond acceptors (Lipinski definition) is 3. The van der Waals surface area contributed by atoms with Crippen molar-refractivity contribution in [2.75, 3.05) is 6.61 Å². The van der Waals surface area contributed by atoms with Gasteiger partial charge < -0.3 is 4.74 Å². The Bertz CT molecular complexity index is 512. The molecule has 0 aliphatic heterocycles. The predicted octanol–water partition coefficient (Wildman–Crippen LogP) is 3.50. The zero-order valence-corrected chi connectivity index (χ0v) is 11.8. The number of ether oxygens (including phenoxy) is 1. The third-order valence-corrected chi connectivity index (χ3v) is 3.14. The van der Waals surface area contributed by atoms with Crippen molar-refractivity contribution in [3.05, 3.63) is 34.4 Å². The first-order valence-electron chi connectivity index (χ1n) is 5.59. The molecule has 102 valence electrons. The largest absolute Gasteiger partial charge is 0.466 e. The number of benzene rings is 1. The second-order valence-corrected chi connectivity index (χ2v) is 4.25. The molecule has 0 saturated heterocycles. The van der Waals surface area contributed by atoms with Crippen molar-refractivity contribution in [3.8, 4) is 6.07 Å². The lowest BCUT2D eigenvalue weighted by Crippen LogP contribution is -2.12. The summed E-state index contributed by atoms with van der Waals surface area (Å²) < 4.78 is 30.6. The number of carbonyl (C=O) groups excluding carboxylic acids is 1. The molecule has 0 heterocycles. The van der Waals surface area contributed by atoms with Gasteiger partial charge in [-0.25, -0.2) is 8.78 Å². The highest BCUT2D eigenvalue weighted by molar-refractivity contribution is 9.08. The van der Waals surface area contributed by atoms with Crippen molar-refractivity contribution >= 4 is 21.9 Å². The number of halogens is 3. The molecule has 1 aromatic rings. The Hall–Kier alpha value is -1.48. The molecule has 0 radical (unpaired) electrons. The first-order chi connectivity index (χ1) is 9.04. The second kappa shape index (κ2) is 7.19. The van der Waals surface area contributed by atoms with E-state index in [9.17, 15) is 13.6 Å². The highest BCUT2D eigenvalue weighted by Crippen LogP contribution is 2.29. The Kier molecular flexibility index (Phi) is 5.90. The molecule has 0 fully saturated rings. The minimum atomic E-state index is -2.65. The standard InChI is InChI=1S/C13H12BrF2NO2/c1-2-19-12(18)5-10-8(7-17)3-4-9(13(15)16)11(10)6-14/h3-4,13H,2,5-6H2,1H3. The van der Waals surface area contributed by atoms with Crippen molar-refractivity contribution in [2.45, 2.75) is 25.1 Å². The van der Waals surface area contributed by atoms with Crippen molar-refractivity contribution in [2.24, 2.45) is 0 Å². The van der Waals surface area contributed by atoms with E-state index in [2.05, 4.69) is 15.9 Å². The Morgan fingerprint density at radius 3 is 2.63 bits per heavy atom. The fraction of sp³-hybridized carbons (Fsp3) is 0.385. The van der Waals surface area contributed by atoms with E-state index in [1.807, 2.05) is 6.07 Å². The van der Waals surface area contributed by atoms with Gasteiger partial charge in [-0.2, -0.15) is 5.26 Å². The number of carbonyl (C=O) groups is 1. The lowest BCUT2D eigenvalue weighted by molar-refractivity contribution is -0.142. The van der Waals surface area contributed by atoms with Crippen LogP contribution >= 0.6 is 15.9 Å². The molecule has 0 aliphatic carbocycles. The van der Waals surface area contributed by atoms with Crippen LogP contribution in [0.25, 0.3) is 0 Å². The maximum atomic E-state index is 12.9. The van der Waals surface area contributed by atoms with Gasteiger partial charge in [-0.3, -0.25) is 4.79 Å². The highest BCUT2D eigenvalue weighted by atomic mass is 79.9. The van der Waals surface area contributed by atoms with Crippen molar-refractivity contribution < 1.29 is 18.3 Å². The number of alkyl halides is 3. The van der Waals surface area contributed by atoms with Gasteiger partial charge in [-0.1, -0.05) is 22.0 Å². The molecule has 0 N–H and O–H groups in total. The summed E-state index contributed by atoms with van der Waals surface area (Å²) in [7, 11) is 0. The van der Waals surface area contributed by atoms with E-state index in [4.69, 9.17) is 10.00 Å². The average Bonchev–Trinajstić information content (AvgIpc) is 2.38. The third kappa shape index (κ3) is 3.74. The zero-order valence-electron chi connectivity index (χ0n) is 10.3. The number of rotatable bonds is 5. The van der Waals surface area contributed by atoms with Crippen molar-refractivity contribution in [3.63, 3.8) is 0 Å². The minimum absolute atomic E-state index is 0.150. The fourth-order valence-corrected chi connectivity index (χ4v) is 2.40. The number of hydrogen-bond donors (Lipinski definition) is 0. The first kappa shape index (κ1) is 15.6. The maximum absolute atomic E-state index is 12.9. The van der Waals surface area contributed by atoms with Gasteiger partial charge in [0.15, 0.2) is 0 Å². The molecular weight excluding hydrogens is 320 g/mol. The van der Waals surface area contributed by atoms with Gasteiger partial charge in [0.05, 0.1) is 24.7 Å². The molecule has 0 unspecified atom stereocenters. The lowest BCUT2D eigenvalue weighted by atomic mass is 9.95. The van der Waals surface area contributed by atoms with Crippen molar-refractivity contribution in [1.82, 2.24) is 0 Å². The lowest BCUT2D eigenvalue weighted by Gasteiger charge is -2.13. The van der Waals surface area contributed by atoms with E-state index in [1.54, 1.807) is 6.92 Å². The Morgan fingerprint density at radius 2 is 2.16 bits per heavy atom. The van der Waals surface area contributed by atoms with E-state index in [1.165, 1.54) is 12.1 Å². The molecule has 1 aromatic carbocycles. The summed E-state index contributed by atoms with van der Waals surface area (Å²) in [5.74, 6) is -0.535. The number of nitriles is 1. The van der Waals surface area contributed by atoms with Gasteiger partial charge in [-0.15, -0.1) is 0 Å². The summed E-state index contributed by atoms with van der Waals surface area (Å²) >= 11 is 3.12. The quantitative estimate of drug-likeness (QED) is 0.613. The fourth-order valence-electron chi connectivity index (χ4n) is 1.74. The second-order valence-electron chi connectivity index (χ2n) is 3.69. The van der Waals surface area contributed by atoms with Gasteiger partial charge in [-0.05, 0) is 24.1 Å². The van der Waals surface area contributed by atoms with Crippen molar-refractivity contribution in [1.29, 1.82) is 5.26 Å². The first-order valence-corrected chi connectivity index (χ1v) is 6.71. The van der Waals surface area contributed by atoms with Gasteiger partial charge in [0.2, 0.25) is 0 Å². The molecule has 0 amide bonds. The average molecular weight is 332 g/mol. The summed E-state index contributed by atoms with van der Waals surface area (Å²) in [6.45, 7) is 1.86. The van der Waals surface area contributed by atoms with Gasteiger partial charge in [0, 0.05) is 10.9 Å². The van der Waals surface area contributed by atoms with Crippen LogP contribution in [-0.4, -0.2) is 12.6 Å². The van der Waals surface area contributed by atoms with Gasteiger partial charge in [0.25, 0.3) is 6.43 Å². The van der Waals surface area contributed by atoms with E-state index in [-0.39, 0.29) is 35.0 Å². The monoisotopic (exact) mass is 331 g/mol. The summed E-state index contributed by atoms with van der Waals surface area (Å²) in [5.41, 5.74) is 0.625. The highest BCUT2D eigenvalue weighted by Gasteiger charge is 2.20. The normalized spacial score (nSPS) is 10.3. The van der Waals surface area contributed by atoms with Crippen LogP contribution in [0.1, 0.15) is 35.6 Å². The van der Waals surface area contributed by atoms with Crippen LogP contribution in [0, 0.1) is 11.3 Å². The summed E-state index contributed by atoms with van der Waals surface area (Å²) in [6.07, 6.45) is -2.83. The Labute approximate surface area is 118 Å². The Morgan fingerprint density at radius 1 is 1.47 bits per heavy atom. The molecule has 0 aromatic heterocycles. The van der Waals surface area contributed by atoms with E-state index in [0.717, 1.165) is 0 Å². The van der Waals surface area contributed by atoms with Crippen LogP contribution in [-0.2, 0) is 21.3 Å². The molecule has 19 heavy (non-hydrogen) atoms. The van der Waals surface area contributed by atoms with Gasteiger partial charge in [0.1, 0.15) is 0 Å². The van der Waals surface area contributed by atoms with E-state index < -0.39 is 12.4 Å².